The Kier molecular flexibility index (Phi) is 6.56. The van der Waals surface area contributed by atoms with E-state index in [2.05, 4.69) is 106 Å². The third-order valence-electron chi connectivity index (χ3n) is 8.47. The number of pyridine rings is 1. The number of aromatic nitrogens is 1. The van der Waals surface area contributed by atoms with E-state index in [-0.39, 0.29) is 11.0 Å². The smallest absolute Gasteiger partial charge is 0.191 e. The van der Waals surface area contributed by atoms with Gasteiger partial charge in [0.2, 0.25) is 5.69 Å². The zero-order valence-corrected chi connectivity index (χ0v) is 20.7. The maximum absolute atomic E-state index is 2.69. The molecule has 1 aliphatic rings. The van der Waals surface area contributed by atoms with Gasteiger partial charge in [-0.15, -0.1) is 0 Å². The highest BCUT2D eigenvalue weighted by atomic mass is 15.1. The van der Waals surface area contributed by atoms with Crippen molar-refractivity contribution in [2.45, 2.75) is 90.5 Å². The van der Waals surface area contributed by atoms with Gasteiger partial charge < -0.3 is 0 Å². The first-order chi connectivity index (χ1) is 15.6. The molecule has 1 nitrogen and oxygen atoms in total. The van der Waals surface area contributed by atoms with Gasteiger partial charge >= 0.3 is 0 Å². The Morgan fingerprint density at radius 3 is 2.09 bits per heavy atom. The number of hydrogen-bond acceptors (Lipinski definition) is 0. The molecule has 168 valence electrons. The van der Waals surface area contributed by atoms with Gasteiger partial charge in [-0.1, -0.05) is 89.1 Å². The summed E-state index contributed by atoms with van der Waals surface area (Å²) < 4.78 is 2.69. The molecule has 2 aromatic carbocycles. The number of rotatable bonds is 8. The molecule has 0 bridgehead atoms. The van der Waals surface area contributed by atoms with E-state index in [4.69, 9.17) is 0 Å². The van der Waals surface area contributed by atoms with Crippen LogP contribution < -0.4 is 4.57 Å². The monoisotopic (exact) mass is 426 g/mol. The third kappa shape index (κ3) is 3.41. The van der Waals surface area contributed by atoms with Crippen LogP contribution in [0.1, 0.15) is 84.3 Å². The topological polar surface area (TPSA) is 3.88 Å². The van der Waals surface area contributed by atoms with Crippen molar-refractivity contribution < 1.29 is 4.57 Å². The minimum absolute atomic E-state index is 0.0664. The van der Waals surface area contributed by atoms with Gasteiger partial charge in [-0.2, -0.15) is 4.57 Å². The van der Waals surface area contributed by atoms with E-state index in [1.807, 2.05) is 0 Å². The average Bonchev–Trinajstić information content (AvgIpc) is 2.85. The summed E-state index contributed by atoms with van der Waals surface area (Å²) in [7, 11) is 0. The summed E-state index contributed by atoms with van der Waals surface area (Å²) in [5.41, 5.74) is 8.76. The molecule has 2 heterocycles. The van der Waals surface area contributed by atoms with Crippen molar-refractivity contribution in [2.24, 2.45) is 0 Å². The maximum atomic E-state index is 2.69. The van der Waals surface area contributed by atoms with E-state index in [1.54, 1.807) is 0 Å². The molecule has 0 amide bonds. The predicted molar refractivity (Wildman–Crippen MR) is 137 cm³/mol. The Morgan fingerprint density at radius 1 is 0.750 bits per heavy atom. The van der Waals surface area contributed by atoms with Crippen LogP contribution in [0.2, 0.25) is 0 Å². The molecule has 1 heteroatoms. The number of hydrogen-bond donors (Lipinski definition) is 0. The second kappa shape index (κ2) is 9.22. The number of fused-ring (bicyclic) bond motifs is 3. The van der Waals surface area contributed by atoms with Crippen LogP contribution in [0.25, 0.3) is 22.4 Å². The molecule has 1 unspecified atom stereocenters. The lowest BCUT2D eigenvalue weighted by atomic mass is 9.59. The standard InChI is InChI=1S/C31H40N/c1-6-10-12-19-25-22-29-26-20-15-16-21-28(26)30(5,7-2)31(8-3,9-4)32(29)23-27(25)24-17-13-11-14-18-24/h11,13-18,20-23H,6-10,12,19H2,1-5H3/q+1. The van der Waals surface area contributed by atoms with E-state index in [1.165, 1.54) is 52.8 Å². The number of unbranched alkanes of at least 4 members (excludes halogenated alkanes) is 2. The lowest BCUT2D eigenvalue weighted by Crippen LogP contribution is -2.69. The summed E-state index contributed by atoms with van der Waals surface area (Å²) >= 11 is 0. The van der Waals surface area contributed by atoms with Crippen molar-refractivity contribution in [2.75, 3.05) is 0 Å². The highest BCUT2D eigenvalue weighted by molar-refractivity contribution is 5.71. The minimum Gasteiger partial charge on any atom is -0.191 e. The van der Waals surface area contributed by atoms with E-state index in [0.29, 0.717) is 0 Å². The van der Waals surface area contributed by atoms with Gasteiger partial charge in [0.1, 0.15) is 0 Å². The molecule has 1 aliphatic heterocycles. The van der Waals surface area contributed by atoms with Gasteiger partial charge in [0, 0.05) is 24.5 Å². The van der Waals surface area contributed by atoms with Crippen molar-refractivity contribution in [3.63, 3.8) is 0 Å². The first-order valence-electron chi connectivity index (χ1n) is 12.8. The lowest BCUT2D eigenvalue weighted by Gasteiger charge is -2.48. The van der Waals surface area contributed by atoms with Gasteiger partial charge in [0.25, 0.3) is 0 Å². The van der Waals surface area contributed by atoms with Crippen molar-refractivity contribution in [3.8, 4) is 22.4 Å². The Hall–Kier alpha value is -2.41. The van der Waals surface area contributed by atoms with Gasteiger partial charge in [0.15, 0.2) is 11.7 Å². The van der Waals surface area contributed by atoms with Crippen LogP contribution in [-0.2, 0) is 17.4 Å². The Morgan fingerprint density at radius 2 is 1.44 bits per heavy atom. The fraction of sp³-hybridized carbons (Fsp3) is 0.452. The maximum Gasteiger partial charge on any atom is 0.213 e. The van der Waals surface area contributed by atoms with Gasteiger partial charge in [-0.3, -0.25) is 0 Å². The summed E-state index contributed by atoms with van der Waals surface area (Å²) in [6.07, 6.45) is 10.8. The second-order valence-electron chi connectivity index (χ2n) is 9.76. The molecule has 0 fully saturated rings. The quantitative estimate of drug-likeness (QED) is 0.252. The molecule has 1 atom stereocenters. The van der Waals surface area contributed by atoms with Crippen LogP contribution in [0.3, 0.4) is 0 Å². The Bertz CT molecular complexity index is 1060. The second-order valence-corrected chi connectivity index (χ2v) is 9.76. The molecule has 0 radical (unpaired) electrons. The summed E-state index contributed by atoms with van der Waals surface area (Å²) in [5, 5.41) is 0. The highest BCUT2D eigenvalue weighted by Crippen LogP contribution is 2.51. The molecule has 0 spiro atoms. The molecule has 4 rings (SSSR count). The zero-order chi connectivity index (χ0) is 22.8. The molecule has 0 N–H and O–H groups in total. The third-order valence-corrected chi connectivity index (χ3v) is 8.47. The van der Waals surface area contributed by atoms with Gasteiger partial charge in [0.05, 0.1) is 11.0 Å². The zero-order valence-electron chi connectivity index (χ0n) is 20.7. The lowest BCUT2D eigenvalue weighted by molar-refractivity contribution is -0.769. The van der Waals surface area contributed by atoms with Crippen molar-refractivity contribution in [1.29, 1.82) is 0 Å². The largest absolute Gasteiger partial charge is 0.213 e. The molecule has 0 saturated carbocycles. The summed E-state index contributed by atoms with van der Waals surface area (Å²) in [5.74, 6) is 0. The average molecular weight is 427 g/mol. The number of nitrogens with zero attached hydrogens (tertiary/aromatic N) is 1. The summed E-state index contributed by atoms with van der Waals surface area (Å²) in [4.78, 5) is 0. The van der Waals surface area contributed by atoms with E-state index >= 15 is 0 Å². The highest BCUT2D eigenvalue weighted by Gasteiger charge is 2.58. The van der Waals surface area contributed by atoms with E-state index in [9.17, 15) is 0 Å². The fourth-order valence-electron chi connectivity index (χ4n) is 6.40. The number of benzene rings is 2. The predicted octanol–water partition coefficient (Wildman–Crippen LogP) is 8.24. The van der Waals surface area contributed by atoms with Crippen LogP contribution in [0, 0.1) is 0 Å². The van der Waals surface area contributed by atoms with Crippen LogP contribution >= 0.6 is 0 Å². The molecule has 1 aromatic heterocycles. The molecule has 32 heavy (non-hydrogen) atoms. The summed E-state index contributed by atoms with van der Waals surface area (Å²) in [6.45, 7) is 11.9. The summed E-state index contributed by atoms with van der Waals surface area (Å²) in [6, 6.07) is 22.8. The van der Waals surface area contributed by atoms with Crippen LogP contribution in [0.4, 0.5) is 0 Å². The molecule has 0 aliphatic carbocycles. The fourth-order valence-corrected chi connectivity index (χ4v) is 6.40. The van der Waals surface area contributed by atoms with Crippen molar-refractivity contribution in [3.05, 3.63) is 78.0 Å². The molecular weight excluding hydrogens is 386 g/mol. The van der Waals surface area contributed by atoms with Gasteiger partial charge in [-0.05, 0) is 48.9 Å². The SMILES string of the molecule is CCCCCc1cc2[n+](cc1-c1ccccc1)C(CC)(CC)C(C)(CC)c1ccccc1-2. The van der Waals surface area contributed by atoms with Crippen LogP contribution in [0.5, 0.6) is 0 Å². The molecule has 0 saturated heterocycles. The molecule has 3 aromatic rings. The van der Waals surface area contributed by atoms with Crippen LogP contribution in [-0.4, -0.2) is 0 Å². The van der Waals surface area contributed by atoms with E-state index in [0.717, 1.165) is 25.7 Å². The Labute approximate surface area is 195 Å². The van der Waals surface area contributed by atoms with Crippen molar-refractivity contribution in [1.82, 2.24) is 0 Å². The van der Waals surface area contributed by atoms with Crippen LogP contribution in [0.15, 0.2) is 66.9 Å². The number of aryl methyl sites for hydroxylation is 1. The van der Waals surface area contributed by atoms with E-state index < -0.39 is 0 Å². The molecular formula is C31H40N+. The first-order valence-corrected chi connectivity index (χ1v) is 12.8. The van der Waals surface area contributed by atoms with Crippen molar-refractivity contribution >= 4 is 0 Å². The normalized spacial score (nSPS) is 18.8. The minimum atomic E-state index is 0.0664. The Balaban J connectivity index is 2.04. The first kappa shape index (κ1) is 22.8. The van der Waals surface area contributed by atoms with Gasteiger partial charge in [-0.25, -0.2) is 0 Å².